The van der Waals surface area contributed by atoms with E-state index in [2.05, 4.69) is 4.98 Å². The van der Waals surface area contributed by atoms with Crippen molar-refractivity contribution in [3.63, 3.8) is 0 Å². The number of hydrogen-bond donors (Lipinski definition) is 1. The number of hydrogen-bond acceptors (Lipinski definition) is 3. The standard InChI is InChI=1S/C10H14N2O/c11-10-9(2-1-4-12-10)6-8-3-5-13-7-8/h1-2,4,8H,3,5-7H2,(H2,11,12). The number of nitrogen functional groups attached to an aromatic ring is 1. The minimum Gasteiger partial charge on any atom is -0.383 e. The quantitative estimate of drug-likeness (QED) is 0.741. The summed E-state index contributed by atoms with van der Waals surface area (Å²) in [6.07, 6.45) is 3.87. The van der Waals surface area contributed by atoms with Crippen molar-refractivity contribution >= 4 is 5.82 Å². The summed E-state index contributed by atoms with van der Waals surface area (Å²) in [7, 11) is 0. The molecule has 13 heavy (non-hydrogen) atoms. The number of rotatable bonds is 2. The van der Waals surface area contributed by atoms with E-state index in [0.29, 0.717) is 11.7 Å². The van der Waals surface area contributed by atoms with Crippen LogP contribution in [0.3, 0.4) is 0 Å². The summed E-state index contributed by atoms with van der Waals surface area (Å²) in [6.45, 7) is 1.76. The highest BCUT2D eigenvalue weighted by Crippen LogP contribution is 2.20. The SMILES string of the molecule is Nc1ncccc1CC1CCOC1. The maximum atomic E-state index is 5.75. The average Bonchev–Trinajstić information content (AvgIpc) is 2.61. The average molecular weight is 178 g/mol. The summed E-state index contributed by atoms with van der Waals surface area (Å²) < 4.78 is 5.31. The zero-order valence-corrected chi connectivity index (χ0v) is 7.57. The summed E-state index contributed by atoms with van der Waals surface area (Å²) in [5.41, 5.74) is 6.90. The highest BCUT2D eigenvalue weighted by atomic mass is 16.5. The lowest BCUT2D eigenvalue weighted by molar-refractivity contribution is 0.186. The molecule has 3 heteroatoms. The van der Waals surface area contributed by atoms with Crippen LogP contribution < -0.4 is 5.73 Å². The van der Waals surface area contributed by atoms with Crippen LogP contribution in [0.1, 0.15) is 12.0 Å². The van der Waals surface area contributed by atoms with Gasteiger partial charge in [-0.1, -0.05) is 6.07 Å². The summed E-state index contributed by atoms with van der Waals surface area (Å²) in [4.78, 5) is 4.06. The van der Waals surface area contributed by atoms with Gasteiger partial charge >= 0.3 is 0 Å². The molecule has 1 saturated heterocycles. The van der Waals surface area contributed by atoms with E-state index in [1.54, 1.807) is 6.20 Å². The molecule has 1 aromatic heterocycles. The lowest BCUT2D eigenvalue weighted by atomic mass is 9.99. The van der Waals surface area contributed by atoms with E-state index < -0.39 is 0 Å². The van der Waals surface area contributed by atoms with Crippen LogP contribution in [0.5, 0.6) is 0 Å². The number of pyridine rings is 1. The Morgan fingerprint density at radius 3 is 3.23 bits per heavy atom. The third-order valence-corrected chi connectivity index (χ3v) is 2.46. The van der Waals surface area contributed by atoms with Gasteiger partial charge in [-0.05, 0) is 30.4 Å². The van der Waals surface area contributed by atoms with Crippen molar-refractivity contribution in [3.05, 3.63) is 23.9 Å². The predicted molar refractivity (Wildman–Crippen MR) is 51.3 cm³/mol. The van der Waals surface area contributed by atoms with Crippen LogP contribution in [0, 0.1) is 5.92 Å². The number of nitrogens with zero attached hydrogens (tertiary/aromatic N) is 1. The third-order valence-electron chi connectivity index (χ3n) is 2.46. The van der Waals surface area contributed by atoms with Crippen LogP contribution in [-0.4, -0.2) is 18.2 Å². The van der Waals surface area contributed by atoms with Crippen molar-refractivity contribution in [2.24, 2.45) is 5.92 Å². The zero-order valence-electron chi connectivity index (χ0n) is 7.57. The van der Waals surface area contributed by atoms with E-state index >= 15 is 0 Å². The molecule has 2 rings (SSSR count). The molecule has 0 saturated carbocycles. The summed E-state index contributed by atoms with van der Waals surface area (Å²) in [5.74, 6) is 1.29. The molecular weight excluding hydrogens is 164 g/mol. The predicted octanol–water partition coefficient (Wildman–Crippen LogP) is 1.24. The Labute approximate surface area is 77.9 Å². The van der Waals surface area contributed by atoms with Gasteiger partial charge in [-0.3, -0.25) is 0 Å². The molecule has 2 heterocycles. The molecule has 0 aromatic carbocycles. The summed E-state index contributed by atoms with van der Waals surface area (Å²) >= 11 is 0. The molecule has 1 aliphatic rings. The summed E-state index contributed by atoms with van der Waals surface area (Å²) in [5, 5.41) is 0. The van der Waals surface area contributed by atoms with Crippen LogP contribution in [0.2, 0.25) is 0 Å². The molecule has 1 aromatic rings. The summed E-state index contributed by atoms with van der Waals surface area (Å²) in [6, 6.07) is 3.97. The fourth-order valence-corrected chi connectivity index (χ4v) is 1.68. The molecule has 1 unspecified atom stereocenters. The molecule has 2 N–H and O–H groups in total. The number of ether oxygens (including phenoxy) is 1. The fourth-order valence-electron chi connectivity index (χ4n) is 1.68. The van der Waals surface area contributed by atoms with Crippen LogP contribution in [-0.2, 0) is 11.2 Å². The lowest BCUT2D eigenvalue weighted by Crippen LogP contribution is -2.06. The second-order valence-electron chi connectivity index (χ2n) is 3.48. The first-order valence-electron chi connectivity index (χ1n) is 4.63. The minimum absolute atomic E-state index is 0.631. The van der Waals surface area contributed by atoms with Crippen LogP contribution in [0.25, 0.3) is 0 Å². The van der Waals surface area contributed by atoms with E-state index in [9.17, 15) is 0 Å². The van der Waals surface area contributed by atoms with Crippen molar-refractivity contribution < 1.29 is 4.74 Å². The Kier molecular flexibility index (Phi) is 2.45. The van der Waals surface area contributed by atoms with Gasteiger partial charge in [-0.2, -0.15) is 0 Å². The van der Waals surface area contributed by atoms with Crippen molar-refractivity contribution in [2.45, 2.75) is 12.8 Å². The third kappa shape index (κ3) is 1.98. The van der Waals surface area contributed by atoms with E-state index in [4.69, 9.17) is 10.5 Å². The van der Waals surface area contributed by atoms with Gasteiger partial charge in [0, 0.05) is 19.4 Å². The topological polar surface area (TPSA) is 48.1 Å². The Balaban J connectivity index is 2.04. The zero-order chi connectivity index (χ0) is 9.10. The molecule has 0 radical (unpaired) electrons. The van der Waals surface area contributed by atoms with Gasteiger partial charge in [0.05, 0.1) is 0 Å². The molecule has 70 valence electrons. The van der Waals surface area contributed by atoms with Gasteiger partial charge in [-0.15, -0.1) is 0 Å². The molecule has 3 nitrogen and oxygen atoms in total. The molecule has 0 amide bonds. The molecule has 1 aliphatic heterocycles. The molecular formula is C10H14N2O. The lowest BCUT2D eigenvalue weighted by Gasteiger charge is -2.08. The van der Waals surface area contributed by atoms with Crippen molar-refractivity contribution in [2.75, 3.05) is 18.9 Å². The molecule has 0 aliphatic carbocycles. The van der Waals surface area contributed by atoms with Crippen LogP contribution >= 0.6 is 0 Å². The Hall–Kier alpha value is -1.09. The van der Waals surface area contributed by atoms with Crippen molar-refractivity contribution in [1.82, 2.24) is 4.98 Å². The van der Waals surface area contributed by atoms with E-state index in [1.165, 1.54) is 0 Å². The second-order valence-corrected chi connectivity index (χ2v) is 3.48. The number of nitrogens with two attached hydrogens (primary N) is 1. The first-order valence-corrected chi connectivity index (χ1v) is 4.63. The fraction of sp³-hybridized carbons (Fsp3) is 0.500. The molecule has 0 spiro atoms. The monoisotopic (exact) mass is 178 g/mol. The van der Waals surface area contributed by atoms with Crippen molar-refractivity contribution in [3.8, 4) is 0 Å². The van der Waals surface area contributed by atoms with Gasteiger partial charge in [0.1, 0.15) is 5.82 Å². The normalized spacial score (nSPS) is 22.0. The number of anilines is 1. The van der Waals surface area contributed by atoms with E-state index in [1.807, 2.05) is 12.1 Å². The van der Waals surface area contributed by atoms with Crippen molar-refractivity contribution in [1.29, 1.82) is 0 Å². The minimum atomic E-state index is 0.631. The molecule has 1 atom stereocenters. The maximum Gasteiger partial charge on any atom is 0.126 e. The largest absolute Gasteiger partial charge is 0.383 e. The van der Waals surface area contributed by atoms with Gasteiger partial charge in [-0.25, -0.2) is 4.98 Å². The molecule has 0 bridgehead atoms. The molecule has 1 fully saturated rings. The Bertz CT molecular complexity index is 282. The van der Waals surface area contributed by atoms with Gasteiger partial charge < -0.3 is 10.5 Å². The smallest absolute Gasteiger partial charge is 0.126 e. The first-order chi connectivity index (χ1) is 6.36. The highest BCUT2D eigenvalue weighted by Gasteiger charge is 2.16. The van der Waals surface area contributed by atoms with Gasteiger partial charge in [0.2, 0.25) is 0 Å². The maximum absolute atomic E-state index is 5.75. The van der Waals surface area contributed by atoms with Crippen LogP contribution in [0.4, 0.5) is 5.82 Å². The first kappa shape index (κ1) is 8.51. The number of aromatic nitrogens is 1. The van der Waals surface area contributed by atoms with E-state index in [-0.39, 0.29) is 0 Å². The Morgan fingerprint density at radius 2 is 2.54 bits per heavy atom. The Morgan fingerprint density at radius 1 is 1.62 bits per heavy atom. The van der Waals surface area contributed by atoms with Crippen LogP contribution in [0.15, 0.2) is 18.3 Å². The highest BCUT2D eigenvalue weighted by molar-refractivity contribution is 5.38. The van der Waals surface area contributed by atoms with Gasteiger partial charge in [0.15, 0.2) is 0 Å². The van der Waals surface area contributed by atoms with Gasteiger partial charge in [0.25, 0.3) is 0 Å². The second kappa shape index (κ2) is 3.75. The van der Waals surface area contributed by atoms with E-state index in [0.717, 1.165) is 31.6 Å².